The Kier molecular flexibility index (Phi) is 5.81. The Hall–Kier alpha value is -2.21. The van der Waals surface area contributed by atoms with Crippen molar-refractivity contribution in [3.63, 3.8) is 0 Å². The van der Waals surface area contributed by atoms with Gasteiger partial charge in [-0.1, -0.05) is 6.07 Å². The zero-order valence-corrected chi connectivity index (χ0v) is 15.5. The molecule has 0 unspecified atom stereocenters. The third-order valence-electron chi connectivity index (χ3n) is 4.92. The maximum absolute atomic E-state index is 4.66. The van der Waals surface area contributed by atoms with Crippen molar-refractivity contribution in [1.29, 1.82) is 0 Å². The molecule has 1 fully saturated rings. The van der Waals surface area contributed by atoms with Crippen molar-refractivity contribution < 1.29 is 0 Å². The van der Waals surface area contributed by atoms with Crippen LogP contribution in [0.3, 0.4) is 0 Å². The first-order valence-electron chi connectivity index (χ1n) is 8.99. The van der Waals surface area contributed by atoms with Gasteiger partial charge in [0.05, 0.1) is 0 Å². The van der Waals surface area contributed by atoms with Gasteiger partial charge in [-0.15, -0.1) is 0 Å². The smallest absolute Gasteiger partial charge is 0.227 e. The molecule has 2 aromatic heterocycles. The minimum absolute atomic E-state index is 0.503. The highest BCUT2D eigenvalue weighted by Crippen LogP contribution is 2.20. The summed E-state index contributed by atoms with van der Waals surface area (Å²) in [5.74, 6) is 1.77. The van der Waals surface area contributed by atoms with Gasteiger partial charge in [-0.2, -0.15) is 4.98 Å². The van der Waals surface area contributed by atoms with E-state index in [-0.39, 0.29) is 0 Å². The third-order valence-corrected chi connectivity index (χ3v) is 4.92. The van der Waals surface area contributed by atoms with Crippen LogP contribution in [0, 0.1) is 0 Å². The lowest BCUT2D eigenvalue weighted by Crippen LogP contribution is -2.44. The second-order valence-electron chi connectivity index (χ2n) is 6.86. The summed E-state index contributed by atoms with van der Waals surface area (Å²) in [5, 5.41) is 0. The van der Waals surface area contributed by atoms with Gasteiger partial charge in [0.25, 0.3) is 0 Å². The van der Waals surface area contributed by atoms with Crippen LogP contribution in [0.25, 0.3) is 0 Å². The molecule has 0 bridgehead atoms. The summed E-state index contributed by atoms with van der Waals surface area (Å²) in [6, 6.07) is 8.58. The molecule has 0 spiro atoms. The summed E-state index contributed by atoms with van der Waals surface area (Å²) in [6.07, 6.45) is 7.03. The number of anilines is 2. The summed E-state index contributed by atoms with van der Waals surface area (Å²) in [5.41, 5.74) is 1.18. The van der Waals surface area contributed by atoms with Crippen LogP contribution in [0.15, 0.2) is 36.7 Å². The lowest BCUT2D eigenvalue weighted by atomic mass is 10.0. The van der Waals surface area contributed by atoms with E-state index in [4.69, 9.17) is 0 Å². The van der Waals surface area contributed by atoms with Crippen LogP contribution < -0.4 is 9.80 Å². The summed E-state index contributed by atoms with van der Waals surface area (Å²) < 4.78 is 0. The molecule has 6 heteroatoms. The summed E-state index contributed by atoms with van der Waals surface area (Å²) in [6.45, 7) is 3.32. The van der Waals surface area contributed by atoms with Gasteiger partial charge in [0.15, 0.2) is 0 Å². The molecule has 0 atom stereocenters. The molecule has 1 aliphatic rings. The lowest BCUT2D eigenvalue weighted by Gasteiger charge is -2.36. The fourth-order valence-electron chi connectivity index (χ4n) is 3.27. The van der Waals surface area contributed by atoms with Crippen LogP contribution in [0.1, 0.15) is 18.5 Å². The summed E-state index contributed by atoms with van der Waals surface area (Å²) in [4.78, 5) is 20.3. The number of nitrogens with zero attached hydrogens (tertiary/aromatic N) is 6. The quantitative estimate of drug-likeness (QED) is 0.802. The highest BCUT2D eigenvalue weighted by Gasteiger charge is 2.24. The predicted molar refractivity (Wildman–Crippen MR) is 102 cm³/mol. The van der Waals surface area contributed by atoms with Gasteiger partial charge in [-0.3, -0.25) is 4.98 Å². The van der Waals surface area contributed by atoms with Crippen LogP contribution in [0.4, 0.5) is 11.8 Å². The zero-order valence-electron chi connectivity index (χ0n) is 15.5. The predicted octanol–water partition coefficient (Wildman–Crippen LogP) is 2.08. The second kappa shape index (κ2) is 8.25. The average molecular weight is 340 g/mol. The van der Waals surface area contributed by atoms with E-state index in [1.54, 1.807) is 0 Å². The lowest BCUT2D eigenvalue weighted by molar-refractivity contribution is 0.212. The highest BCUT2D eigenvalue weighted by molar-refractivity contribution is 5.42. The number of aromatic nitrogens is 3. The molecule has 0 amide bonds. The fraction of sp³-hybridized carbons (Fsp3) is 0.526. The molecule has 25 heavy (non-hydrogen) atoms. The van der Waals surface area contributed by atoms with Crippen LogP contribution in [0.2, 0.25) is 0 Å². The van der Waals surface area contributed by atoms with E-state index in [1.165, 1.54) is 5.69 Å². The number of hydrogen-bond acceptors (Lipinski definition) is 6. The van der Waals surface area contributed by atoms with Crippen LogP contribution in [0.5, 0.6) is 0 Å². The molecule has 1 saturated heterocycles. The van der Waals surface area contributed by atoms with Crippen molar-refractivity contribution in [3.05, 3.63) is 42.4 Å². The second-order valence-corrected chi connectivity index (χ2v) is 6.86. The number of hydrogen-bond donors (Lipinski definition) is 0. The standard InChI is InChI=1S/C19H28N6/c1-23(2)18-7-12-21-19(22-18)24(3)17-9-14-25(15-10-17)13-8-16-6-4-5-11-20-16/h4-7,11-12,17H,8-10,13-15H2,1-3H3. The minimum Gasteiger partial charge on any atom is -0.363 e. The van der Waals surface area contributed by atoms with Gasteiger partial charge < -0.3 is 14.7 Å². The molecular weight excluding hydrogens is 312 g/mol. The van der Waals surface area contributed by atoms with Crippen molar-refractivity contribution in [2.75, 3.05) is 50.6 Å². The van der Waals surface area contributed by atoms with Gasteiger partial charge in [0, 0.05) is 71.3 Å². The van der Waals surface area contributed by atoms with Crippen LogP contribution in [-0.4, -0.2) is 66.7 Å². The highest BCUT2D eigenvalue weighted by atomic mass is 15.3. The molecule has 0 aliphatic carbocycles. The van der Waals surface area contributed by atoms with E-state index in [0.717, 1.165) is 50.7 Å². The Balaban J connectivity index is 1.50. The summed E-state index contributed by atoms with van der Waals surface area (Å²) >= 11 is 0. The molecule has 134 valence electrons. The Morgan fingerprint density at radius 2 is 1.84 bits per heavy atom. The largest absolute Gasteiger partial charge is 0.363 e. The third kappa shape index (κ3) is 4.66. The van der Waals surface area contributed by atoms with Gasteiger partial charge >= 0.3 is 0 Å². The number of rotatable bonds is 6. The molecule has 1 aliphatic heterocycles. The number of pyridine rings is 1. The topological polar surface area (TPSA) is 48.4 Å². The van der Waals surface area contributed by atoms with Gasteiger partial charge in [-0.05, 0) is 31.0 Å². The maximum Gasteiger partial charge on any atom is 0.227 e. The Morgan fingerprint density at radius 3 is 2.52 bits per heavy atom. The first kappa shape index (κ1) is 17.6. The van der Waals surface area contributed by atoms with E-state index in [1.807, 2.05) is 43.5 Å². The van der Waals surface area contributed by atoms with Gasteiger partial charge in [0.2, 0.25) is 5.95 Å². The molecule has 0 radical (unpaired) electrons. The Morgan fingerprint density at radius 1 is 1.04 bits per heavy atom. The molecule has 0 saturated carbocycles. The van der Waals surface area contributed by atoms with E-state index in [9.17, 15) is 0 Å². The van der Waals surface area contributed by atoms with E-state index in [2.05, 4.69) is 43.9 Å². The average Bonchev–Trinajstić information content (AvgIpc) is 2.67. The first-order valence-corrected chi connectivity index (χ1v) is 8.99. The number of likely N-dealkylation sites (tertiary alicyclic amines) is 1. The van der Waals surface area contributed by atoms with Crippen molar-refractivity contribution in [2.24, 2.45) is 0 Å². The summed E-state index contributed by atoms with van der Waals surface area (Å²) in [7, 11) is 6.13. The molecule has 6 nitrogen and oxygen atoms in total. The molecule has 2 aromatic rings. The Bertz CT molecular complexity index is 652. The molecular formula is C19H28N6. The van der Waals surface area contributed by atoms with Crippen molar-refractivity contribution in [3.8, 4) is 0 Å². The van der Waals surface area contributed by atoms with Crippen LogP contribution in [-0.2, 0) is 6.42 Å². The number of piperidine rings is 1. The van der Waals surface area contributed by atoms with Gasteiger partial charge in [0.1, 0.15) is 5.82 Å². The first-order chi connectivity index (χ1) is 12.1. The van der Waals surface area contributed by atoms with E-state index >= 15 is 0 Å². The van der Waals surface area contributed by atoms with Crippen molar-refractivity contribution in [2.45, 2.75) is 25.3 Å². The van der Waals surface area contributed by atoms with E-state index < -0.39 is 0 Å². The fourth-order valence-corrected chi connectivity index (χ4v) is 3.27. The molecule has 0 N–H and O–H groups in total. The molecule has 0 aromatic carbocycles. The zero-order chi connectivity index (χ0) is 17.6. The van der Waals surface area contributed by atoms with Gasteiger partial charge in [-0.25, -0.2) is 4.98 Å². The normalized spacial score (nSPS) is 16.0. The maximum atomic E-state index is 4.66. The van der Waals surface area contributed by atoms with E-state index in [0.29, 0.717) is 6.04 Å². The molecule has 3 rings (SSSR count). The monoisotopic (exact) mass is 340 g/mol. The SMILES string of the molecule is CN(C)c1ccnc(N(C)C2CCN(CCc3ccccn3)CC2)n1. The van der Waals surface area contributed by atoms with Crippen molar-refractivity contribution in [1.82, 2.24) is 19.9 Å². The minimum atomic E-state index is 0.503. The van der Waals surface area contributed by atoms with Crippen molar-refractivity contribution >= 4 is 11.8 Å². The Labute approximate surface area is 150 Å². The molecule has 3 heterocycles. The van der Waals surface area contributed by atoms with Crippen LogP contribution >= 0.6 is 0 Å².